The van der Waals surface area contributed by atoms with Crippen LogP contribution in [0.3, 0.4) is 0 Å². The van der Waals surface area contributed by atoms with E-state index in [9.17, 15) is 13.2 Å². The molecule has 0 bridgehead atoms. The normalized spacial score (nSPS) is 14.1. The summed E-state index contributed by atoms with van der Waals surface area (Å²) < 4.78 is 31.2. The maximum absolute atomic E-state index is 14.9. The Morgan fingerprint density at radius 2 is 1.40 bits per heavy atom. The zero-order chi connectivity index (χ0) is 30.8. The first-order valence-electron chi connectivity index (χ1n) is 13.9. The lowest BCUT2D eigenvalue weighted by Gasteiger charge is -2.31. The molecular weight excluding hydrogens is 643 g/mol. The minimum absolute atomic E-state index is 0.0719. The van der Waals surface area contributed by atoms with Crippen LogP contribution < -0.4 is 4.90 Å². The van der Waals surface area contributed by atoms with Gasteiger partial charge < -0.3 is 4.90 Å². The van der Waals surface area contributed by atoms with E-state index in [1.165, 1.54) is 38.3 Å². The second-order valence-corrected chi connectivity index (χ2v) is 14.9. The highest BCUT2D eigenvalue weighted by Gasteiger charge is 2.38. The number of fused-ring (bicyclic) bond motifs is 1. The zero-order valence-corrected chi connectivity index (χ0v) is 26.9. The third kappa shape index (κ3) is 5.90. The molecule has 0 fully saturated rings. The number of aromatic nitrogens is 3. The number of thiazole rings is 3. The molecule has 3 aromatic carbocycles. The van der Waals surface area contributed by atoms with Gasteiger partial charge in [-0.05, 0) is 35.4 Å². The quantitative estimate of drug-likeness (QED) is 0.144. The van der Waals surface area contributed by atoms with Gasteiger partial charge in [-0.2, -0.15) is 4.31 Å². The van der Waals surface area contributed by atoms with E-state index in [0.717, 1.165) is 16.1 Å². The molecule has 3 aromatic heterocycles. The van der Waals surface area contributed by atoms with E-state index in [1.54, 1.807) is 47.8 Å². The van der Waals surface area contributed by atoms with Crippen LogP contribution in [0, 0.1) is 0 Å². The van der Waals surface area contributed by atoms with Crippen molar-refractivity contribution in [3.63, 3.8) is 0 Å². The lowest BCUT2D eigenvalue weighted by Crippen LogP contribution is -2.35. The van der Waals surface area contributed by atoms with E-state index in [4.69, 9.17) is 0 Å². The fraction of sp³-hybridized carbons (Fsp3) is 0.0909. The molecule has 6 aromatic rings. The molecule has 0 atom stereocenters. The fourth-order valence-electron chi connectivity index (χ4n) is 5.40. The average molecular weight is 668 g/mol. The standard InChI is InChI=1S/C33H25N5O3S4/c39-33-27(20-29-34-13-16-42-29)26-19-25(11-12-28(26)37(33)21-30-35-14-17-43-30)45(40,41)38(22-31-36-15-18-44-31)32(23-7-3-1-4-8-23)24-9-5-2-6-10-24/h1-20,32H,21-22H2/b27-20+. The molecule has 1 amide bonds. The summed E-state index contributed by atoms with van der Waals surface area (Å²) in [5.41, 5.74) is 3.23. The summed E-state index contributed by atoms with van der Waals surface area (Å²) in [4.78, 5) is 28.7. The van der Waals surface area contributed by atoms with Crippen LogP contribution in [0.15, 0.2) is 118 Å². The van der Waals surface area contributed by atoms with Crippen molar-refractivity contribution in [2.45, 2.75) is 24.0 Å². The van der Waals surface area contributed by atoms with Gasteiger partial charge in [0.05, 0.1) is 35.3 Å². The molecule has 4 heterocycles. The molecule has 8 nitrogen and oxygen atoms in total. The van der Waals surface area contributed by atoms with Gasteiger partial charge in [0, 0.05) is 40.3 Å². The molecule has 0 radical (unpaired) electrons. The zero-order valence-electron chi connectivity index (χ0n) is 23.6. The number of anilines is 1. The van der Waals surface area contributed by atoms with Crippen LogP contribution in [-0.4, -0.2) is 33.6 Å². The highest BCUT2D eigenvalue weighted by Crippen LogP contribution is 2.42. The van der Waals surface area contributed by atoms with E-state index in [2.05, 4.69) is 15.0 Å². The molecule has 0 saturated carbocycles. The van der Waals surface area contributed by atoms with E-state index in [1.807, 2.05) is 76.8 Å². The number of amides is 1. The number of rotatable bonds is 10. The number of benzene rings is 3. The van der Waals surface area contributed by atoms with Gasteiger partial charge in [0.25, 0.3) is 5.91 Å². The van der Waals surface area contributed by atoms with Gasteiger partial charge in [0.2, 0.25) is 10.0 Å². The van der Waals surface area contributed by atoms with Crippen molar-refractivity contribution >= 4 is 67.3 Å². The Hall–Kier alpha value is -4.33. The summed E-state index contributed by atoms with van der Waals surface area (Å²) in [7, 11) is -4.14. The van der Waals surface area contributed by atoms with Gasteiger partial charge in [0.1, 0.15) is 15.0 Å². The topological polar surface area (TPSA) is 96.4 Å². The minimum Gasteiger partial charge on any atom is -0.301 e. The summed E-state index contributed by atoms with van der Waals surface area (Å²) >= 11 is 4.28. The maximum Gasteiger partial charge on any atom is 0.259 e. The molecule has 7 rings (SSSR count). The molecule has 1 aliphatic heterocycles. The first-order chi connectivity index (χ1) is 22.0. The lowest BCUT2D eigenvalue weighted by atomic mass is 9.99. The number of nitrogens with zero attached hydrogens (tertiary/aromatic N) is 5. The number of hydrogen-bond acceptors (Lipinski definition) is 9. The summed E-state index contributed by atoms with van der Waals surface area (Å²) in [6.45, 7) is 0.355. The fourth-order valence-corrected chi connectivity index (χ4v) is 8.86. The Morgan fingerprint density at radius 3 is 2.00 bits per heavy atom. The second kappa shape index (κ2) is 12.6. The van der Waals surface area contributed by atoms with E-state index in [0.29, 0.717) is 26.8 Å². The van der Waals surface area contributed by atoms with Gasteiger partial charge >= 0.3 is 0 Å². The molecule has 1 aliphatic rings. The second-order valence-electron chi connectivity index (χ2n) is 10.1. The van der Waals surface area contributed by atoms with E-state index >= 15 is 0 Å². The number of hydrogen-bond donors (Lipinski definition) is 0. The monoisotopic (exact) mass is 667 g/mol. The molecular formula is C33H25N5O3S4. The Kier molecular flexibility index (Phi) is 8.21. The van der Waals surface area contributed by atoms with Crippen LogP contribution in [-0.2, 0) is 27.9 Å². The third-order valence-corrected chi connectivity index (χ3v) is 11.5. The Bertz CT molecular complexity index is 2010. The largest absolute Gasteiger partial charge is 0.301 e. The van der Waals surface area contributed by atoms with Gasteiger partial charge in [-0.1, -0.05) is 60.7 Å². The van der Waals surface area contributed by atoms with Crippen LogP contribution in [0.25, 0.3) is 11.6 Å². The van der Waals surface area contributed by atoms with Crippen LogP contribution in [0.4, 0.5) is 5.69 Å². The van der Waals surface area contributed by atoms with Gasteiger partial charge in [0.15, 0.2) is 0 Å². The van der Waals surface area contributed by atoms with Crippen molar-refractivity contribution in [1.29, 1.82) is 0 Å². The summed E-state index contributed by atoms with van der Waals surface area (Å²) in [5.74, 6) is -0.226. The molecule has 45 heavy (non-hydrogen) atoms. The van der Waals surface area contributed by atoms with Crippen molar-refractivity contribution in [3.05, 3.63) is 145 Å². The Morgan fingerprint density at radius 1 is 0.778 bits per heavy atom. The molecule has 0 unspecified atom stereocenters. The first-order valence-corrected chi connectivity index (χ1v) is 18.0. The highest BCUT2D eigenvalue weighted by molar-refractivity contribution is 7.89. The van der Waals surface area contributed by atoms with Gasteiger partial charge in [-0.25, -0.2) is 23.4 Å². The number of carbonyl (C=O) groups is 1. The lowest BCUT2D eigenvalue weighted by molar-refractivity contribution is -0.113. The summed E-state index contributed by atoms with van der Waals surface area (Å²) in [5, 5.41) is 7.66. The van der Waals surface area contributed by atoms with Crippen molar-refractivity contribution in [3.8, 4) is 0 Å². The maximum atomic E-state index is 14.9. The van der Waals surface area contributed by atoms with Crippen molar-refractivity contribution < 1.29 is 13.2 Å². The minimum atomic E-state index is -4.14. The molecule has 224 valence electrons. The van der Waals surface area contributed by atoms with E-state index in [-0.39, 0.29) is 23.9 Å². The molecule has 12 heteroatoms. The molecule has 0 aliphatic carbocycles. The average Bonchev–Trinajstić information content (AvgIpc) is 3.90. The smallest absolute Gasteiger partial charge is 0.259 e. The number of carbonyl (C=O) groups excluding carboxylic acids is 1. The predicted octanol–water partition coefficient (Wildman–Crippen LogP) is 7.12. The van der Waals surface area contributed by atoms with Gasteiger partial charge in [-0.15, -0.1) is 34.0 Å². The number of sulfonamides is 1. The van der Waals surface area contributed by atoms with Crippen LogP contribution in [0.1, 0.15) is 37.8 Å². The van der Waals surface area contributed by atoms with Crippen LogP contribution in [0.5, 0.6) is 0 Å². The predicted molar refractivity (Wildman–Crippen MR) is 179 cm³/mol. The summed E-state index contributed by atoms with van der Waals surface area (Å²) in [6, 6.07) is 23.5. The Labute approximate surface area is 272 Å². The van der Waals surface area contributed by atoms with Crippen LogP contribution >= 0.6 is 34.0 Å². The van der Waals surface area contributed by atoms with Crippen molar-refractivity contribution in [2.24, 2.45) is 0 Å². The third-order valence-electron chi connectivity index (χ3n) is 7.42. The van der Waals surface area contributed by atoms with Crippen LogP contribution in [0.2, 0.25) is 0 Å². The Balaban J connectivity index is 1.37. The van der Waals surface area contributed by atoms with E-state index < -0.39 is 16.1 Å². The van der Waals surface area contributed by atoms with Gasteiger partial charge in [-0.3, -0.25) is 4.79 Å². The molecule has 0 spiro atoms. The highest BCUT2D eigenvalue weighted by atomic mass is 32.2. The van der Waals surface area contributed by atoms with Crippen molar-refractivity contribution in [1.82, 2.24) is 19.3 Å². The summed E-state index contributed by atoms with van der Waals surface area (Å²) in [6.07, 6.45) is 6.79. The molecule has 0 N–H and O–H groups in total. The molecule has 0 saturated heterocycles. The SMILES string of the molecule is O=C1/C(=C/c2nccs2)c2cc(S(=O)(=O)N(Cc3nccs3)C(c3ccccc3)c3ccccc3)ccc2N1Cc1nccs1. The van der Waals surface area contributed by atoms with Crippen molar-refractivity contribution in [2.75, 3.05) is 4.90 Å². The first kappa shape index (κ1) is 29.4.